The molecule has 0 unspecified atom stereocenters. The zero-order valence-electron chi connectivity index (χ0n) is 10.1. The zero-order valence-corrected chi connectivity index (χ0v) is 10.1. The summed E-state index contributed by atoms with van der Waals surface area (Å²) >= 11 is 0. The molecular formula is C13H14FNO3. The standard InChI is InChI=1S/C13H14FNO3/c1-18-11-7-9(14)6-10(12(11)17)13(15-8-16)4-2-3-5-13/h6-7,17H,2-5H2,1H3. The van der Waals surface area contributed by atoms with Crippen molar-refractivity contribution in [2.75, 3.05) is 7.11 Å². The molecule has 96 valence electrons. The van der Waals surface area contributed by atoms with Crippen LogP contribution in [0.25, 0.3) is 0 Å². The van der Waals surface area contributed by atoms with Crippen LogP contribution in [-0.2, 0) is 10.3 Å². The molecule has 1 saturated carbocycles. The molecular weight excluding hydrogens is 237 g/mol. The number of methoxy groups -OCH3 is 1. The Labute approximate surface area is 104 Å². The number of benzene rings is 1. The molecule has 1 aromatic carbocycles. The number of aliphatic imine (C=N–C) groups is 1. The van der Waals surface area contributed by atoms with Gasteiger partial charge in [-0.1, -0.05) is 12.8 Å². The number of ether oxygens (including phenoxy) is 1. The van der Waals surface area contributed by atoms with E-state index in [0.717, 1.165) is 18.9 Å². The molecule has 0 amide bonds. The first-order chi connectivity index (χ1) is 8.63. The first-order valence-electron chi connectivity index (χ1n) is 5.79. The second-order valence-electron chi connectivity index (χ2n) is 4.45. The molecule has 18 heavy (non-hydrogen) atoms. The lowest BCUT2D eigenvalue weighted by molar-refractivity contribution is 0.351. The van der Waals surface area contributed by atoms with Crippen LogP contribution in [0.5, 0.6) is 11.5 Å². The smallest absolute Gasteiger partial charge is 0.235 e. The van der Waals surface area contributed by atoms with Crippen molar-refractivity contribution in [3.05, 3.63) is 23.5 Å². The Morgan fingerprint density at radius 2 is 2.11 bits per heavy atom. The van der Waals surface area contributed by atoms with Gasteiger partial charge in [0.05, 0.1) is 7.11 Å². The van der Waals surface area contributed by atoms with E-state index >= 15 is 0 Å². The van der Waals surface area contributed by atoms with Crippen molar-refractivity contribution >= 4 is 6.08 Å². The van der Waals surface area contributed by atoms with Crippen LogP contribution in [0.1, 0.15) is 31.2 Å². The minimum atomic E-state index is -0.860. The third-order valence-electron chi connectivity index (χ3n) is 3.45. The summed E-state index contributed by atoms with van der Waals surface area (Å²) in [4.78, 5) is 14.4. The molecule has 0 saturated heterocycles. The molecule has 0 aromatic heterocycles. The summed E-state index contributed by atoms with van der Waals surface area (Å²) in [6.07, 6.45) is 4.49. The van der Waals surface area contributed by atoms with Crippen molar-refractivity contribution < 1.29 is 19.0 Å². The number of nitrogens with zero attached hydrogens (tertiary/aromatic N) is 1. The van der Waals surface area contributed by atoms with Crippen LogP contribution in [0.2, 0.25) is 0 Å². The van der Waals surface area contributed by atoms with E-state index in [0.29, 0.717) is 18.4 Å². The SMILES string of the molecule is COc1cc(F)cc(C2(N=C=O)CCCC2)c1O. The molecule has 4 nitrogen and oxygen atoms in total. The molecule has 0 radical (unpaired) electrons. The number of phenolic OH excluding ortho intramolecular Hbond substituents is 1. The highest BCUT2D eigenvalue weighted by Crippen LogP contribution is 2.48. The van der Waals surface area contributed by atoms with Crippen molar-refractivity contribution in [3.8, 4) is 11.5 Å². The van der Waals surface area contributed by atoms with Gasteiger partial charge in [-0.15, -0.1) is 0 Å². The summed E-state index contributed by atoms with van der Waals surface area (Å²) < 4.78 is 18.4. The minimum Gasteiger partial charge on any atom is -0.504 e. The summed E-state index contributed by atoms with van der Waals surface area (Å²) in [6, 6.07) is 2.32. The highest BCUT2D eigenvalue weighted by molar-refractivity contribution is 5.51. The molecule has 1 fully saturated rings. The number of hydrogen-bond donors (Lipinski definition) is 1. The molecule has 0 atom stereocenters. The number of hydrogen-bond acceptors (Lipinski definition) is 4. The van der Waals surface area contributed by atoms with Crippen molar-refractivity contribution in [2.45, 2.75) is 31.2 Å². The normalized spacial score (nSPS) is 17.2. The predicted octanol–water partition coefficient (Wildman–Crippen LogP) is 2.65. The van der Waals surface area contributed by atoms with Gasteiger partial charge in [-0.25, -0.2) is 9.18 Å². The average Bonchev–Trinajstić information content (AvgIpc) is 2.81. The Kier molecular flexibility index (Phi) is 3.34. The molecule has 0 spiro atoms. The maximum atomic E-state index is 13.5. The number of phenols is 1. The van der Waals surface area contributed by atoms with Crippen molar-refractivity contribution in [3.63, 3.8) is 0 Å². The Morgan fingerprint density at radius 1 is 1.44 bits per heavy atom. The largest absolute Gasteiger partial charge is 0.504 e. The first kappa shape index (κ1) is 12.6. The predicted molar refractivity (Wildman–Crippen MR) is 62.9 cm³/mol. The lowest BCUT2D eigenvalue weighted by Gasteiger charge is -2.24. The van der Waals surface area contributed by atoms with Crippen LogP contribution in [0, 0.1) is 5.82 Å². The Hall–Kier alpha value is -1.87. The Bertz CT molecular complexity index is 503. The Balaban J connectivity index is 2.61. The molecule has 1 aliphatic rings. The second kappa shape index (κ2) is 4.78. The molecule has 1 N–H and O–H groups in total. The maximum absolute atomic E-state index is 13.5. The van der Waals surface area contributed by atoms with Crippen molar-refractivity contribution in [1.82, 2.24) is 0 Å². The van der Waals surface area contributed by atoms with Gasteiger partial charge in [-0.2, -0.15) is 4.99 Å². The van der Waals surface area contributed by atoms with E-state index in [1.54, 1.807) is 0 Å². The zero-order chi connectivity index (χ0) is 13.2. The van der Waals surface area contributed by atoms with Crippen LogP contribution in [0.3, 0.4) is 0 Å². The van der Waals surface area contributed by atoms with Gasteiger partial charge in [0.15, 0.2) is 11.5 Å². The summed E-state index contributed by atoms with van der Waals surface area (Å²) in [5.74, 6) is -0.621. The van der Waals surface area contributed by atoms with E-state index in [1.807, 2.05) is 0 Å². The monoisotopic (exact) mass is 251 g/mol. The third-order valence-corrected chi connectivity index (χ3v) is 3.45. The highest BCUT2D eigenvalue weighted by Gasteiger charge is 2.39. The van der Waals surface area contributed by atoms with E-state index in [9.17, 15) is 14.3 Å². The number of isocyanates is 1. The van der Waals surface area contributed by atoms with Crippen LogP contribution in [0.15, 0.2) is 17.1 Å². The third kappa shape index (κ3) is 1.97. The molecule has 0 aliphatic heterocycles. The van der Waals surface area contributed by atoms with Gasteiger partial charge in [0.25, 0.3) is 0 Å². The van der Waals surface area contributed by atoms with Gasteiger partial charge in [-0.05, 0) is 18.9 Å². The fraction of sp³-hybridized carbons (Fsp3) is 0.462. The molecule has 5 heteroatoms. The van der Waals surface area contributed by atoms with Gasteiger partial charge in [0, 0.05) is 11.6 Å². The fourth-order valence-corrected chi connectivity index (χ4v) is 2.57. The lowest BCUT2D eigenvalue weighted by Crippen LogP contribution is -2.19. The van der Waals surface area contributed by atoms with Gasteiger partial charge >= 0.3 is 0 Å². The van der Waals surface area contributed by atoms with Crippen molar-refractivity contribution in [1.29, 1.82) is 0 Å². The summed E-state index contributed by atoms with van der Waals surface area (Å²) in [6.45, 7) is 0. The topological polar surface area (TPSA) is 58.9 Å². The fourth-order valence-electron chi connectivity index (χ4n) is 2.57. The first-order valence-corrected chi connectivity index (χ1v) is 5.79. The van der Waals surface area contributed by atoms with Gasteiger partial charge in [-0.3, -0.25) is 0 Å². The van der Waals surface area contributed by atoms with Crippen LogP contribution in [0.4, 0.5) is 4.39 Å². The summed E-state index contributed by atoms with van der Waals surface area (Å²) in [5, 5.41) is 10.1. The number of aromatic hydroxyl groups is 1. The maximum Gasteiger partial charge on any atom is 0.235 e. The van der Waals surface area contributed by atoms with E-state index in [1.165, 1.54) is 19.3 Å². The van der Waals surface area contributed by atoms with Crippen LogP contribution in [-0.4, -0.2) is 18.3 Å². The summed E-state index contributed by atoms with van der Waals surface area (Å²) in [5.41, 5.74) is -0.554. The molecule has 0 bridgehead atoms. The molecule has 1 aliphatic carbocycles. The lowest BCUT2D eigenvalue weighted by atomic mass is 9.88. The second-order valence-corrected chi connectivity index (χ2v) is 4.45. The highest BCUT2D eigenvalue weighted by atomic mass is 19.1. The van der Waals surface area contributed by atoms with Crippen molar-refractivity contribution in [2.24, 2.45) is 4.99 Å². The summed E-state index contributed by atoms with van der Waals surface area (Å²) in [7, 11) is 1.35. The van der Waals surface area contributed by atoms with Crippen LogP contribution >= 0.6 is 0 Å². The Morgan fingerprint density at radius 3 is 2.67 bits per heavy atom. The minimum absolute atomic E-state index is 0.0531. The quantitative estimate of drug-likeness (QED) is 0.663. The van der Waals surface area contributed by atoms with Gasteiger partial charge in [0.2, 0.25) is 6.08 Å². The average molecular weight is 251 g/mol. The van der Waals surface area contributed by atoms with E-state index in [4.69, 9.17) is 4.74 Å². The number of halogens is 1. The van der Waals surface area contributed by atoms with Crippen LogP contribution < -0.4 is 4.74 Å². The van der Waals surface area contributed by atoms with E-state index in [-0.39, 0.29) is 11.5 Å². The van der Waals surface area contributed by atoms with E-state index < -0.39 is 11.4 Å². The van der Waals surface area contributed by atoms with E-state index in [2.05, 4.69) is 4.99 Å². The van der Waals surface area contributed by atoms with Gasteiger partial charge in [0.1, 0.15) is 11.4 Å². The number of rotatable bonds is 3. The van der Waals surface area contributed by atoms with Gasteiger partial charge < -0.3 is 9.84 Å². The molecule has 1 aromatic rings. The molecule has 0 heterocycles. The molecule has 2 rings (SSSR count). The number of carbonyl (C=O) groups excluding carboxylic acids is 1.